The summed E-state index contributed by atoms with van der Waals surface area (Å²) in [6.45, 7) is 1.36. The molecule has 2 N–H and O–H groups in total. The lowest BCUT2D eigenvalue weighted by molar-refractivity contribution is -0.144. The number of nitrogens with two attached hydrogens (primary N) is 1. The number of pyridine rings is 1. The Bertz CT molecular complexity index is 375. The fourth-order valence-electron chi connectivity index (χ4n) is 1.56. The second-order valence-corrected chi connectivity index (χ2v) is 3.65. The zero-order valence-corrected chi connectivity index (χ0v) is 8.89. The van der Waals surface area contributed by atoms with Gasteiger partial charge in [0.15, 0.2) is 5.78 Å². The van der Waals surface area contributed by atoms with Gasteiger partial charge in [0.2, 0.25) is 0 Å². The number of carbonyl (C=O) groups excluding carboxylic acids is 1. The molecule has 1 unspecified atom stereocenters. The topological polar surface area (TPSA) is 74.4 Å². The lowest BCUT2D eigenvalue weighted by Gasteiger charge is -2.21. The normalized spacial score (nSPS) is 20.6. The Hall–Kier alpha value is -1.46. The van der Waals surface area contributed by atoms with Crippen LogP contribution in [0.15, 0.2) is 18.5 Å². The molecule has 86 valence electrons. The van der Waals surface area contributed by atoms with Gasteiger partial charge in [0.05, 0.1) is 19.8 Å². The van der Waals surface area contributed by atoms with Gasteiger partial charge in [-0.1, -0.05) is 0 Å². The molecule has 0 bridgehead atoms. The zero-order valence-electron chi connectivity index (χ0n) is 8.89. The first-order valence-corrected chi connectivity index (χ1v) is 5.18. The minimum absolute atomic E-state index is 0.0144. The SMILES string of the molecule is Nc1ccncc1CC(=O)C1COCCO1. The molecule has 1 aliphatic rings. The van der Waals surface area contributed by atoms with E-state index in [9.17, 15) is 4.79 Å². The van der Waals surface area contributed by atoms with Crippen LogP contribution in [0.3, 0.4) is 0 Å². The van der Waals surface area contributed by atoms with Crippen LogP contribution in [0.25, 0.3) is 0 Å². The van der Waals surface area contributed by atoms with Gasteiger partial charge in [-0.2, -0.15) is 0 Å². The first-order valence-electron chi connectivity index (χ1n) is 5.18. The summed E-state index contributed by atoms with van der Waals surface area (Å²) in [6.07, 6.45) is 2.99. The summed E-state index contributed by atoms with van der Waals surface area (Å²) in [6, 6.07) is 1.68. The summed E-state index contributed by atoms with van der Waals surface area (Å²) >= 11 is 0. The van der Waals surface area contributed by atoms with Crippen LogP contribution in [0.1, 0.15) is 5.56 Å². The molecule has 2 heterocycles. The maximum Gasteiger partial charge on any atom is 0.168 e. The number of carbonyl (C=O) groups is 1. The van der Waals surface area contributed by atoms with E-state index in [2.05, 4.69) is 4.98 Å². The second-order valence-electron chi connectivity index (χ2n) is 3.65. The molecule has 0 radical (unpaired) electrons. The molecule has 5 nitrogen and oxygen atoms in total. The third-order valence-corrected chi connectivity index (χ3v) is 2.48. The average Bonchev–Trinajstić information content (AvgIpc) is 2.33. The van der Waals surface area contributed by atoms with Crippen molar-refractivity contribution in [2.45, 2.75) is 12.5 Å². The Balaban J connectivity index is 1.99. The van der Waals surface area contributed by atoms with Crippen molar-refractivity contribution in [3.63, 3.8) is 0 Å². The number of hydrogen-bond acceptors (Lipinski definition) is 5. The maximum absolute atomic E-state index is 11.8. The highest BCUT2D eigenvalue weighted by molar-refractivity contribution is 5.86. The van der Waals surface area contributed by atoms with Crippen LogP contribution in [-0.4, -0.2) is 36.7 Å². The largest absolute Gasteiger partial charge is 0.398 e. The van der Waals surface area contributed by atoms with E-state index in [1.165, 1.54) is 0 Å². The molecule has 0 aromatic carbocycles. The Labute approximate surface area is 93.6 Å². The van der Waals surface area contributed by atoms with Gasteiger partial charge in [-0.25, -0.2) is 0 Å². The smallest absolute Gasteiger partial charge is 0.168 e. The highest BCUT2D eigenvalue weighted by Crippen LogP contribution is 2.12. The molecule has 0 saturated carbocycles. The molecule has 2 rings (SSSR count). The molecular formula is C11H14N2O3. The number of Topliss-reactive ketones (excluding diaryl/α,β-unsaturated/α-hetero) is 1. The number of hydrogen-bond donors (Lipinski definition) is 1. The molecule has 1 aromatic heterocycles. The molecule has 0 amide bonds. The predicted molar refractivity (Wildman–Crippen MR) is 57.9 cm³/mol. The number of nitrogen functional groups attached to an aromatic ring is 1. The van der Waals surface area contributed by atoms with E-state index in [4.69, 9.17) is 15.2 Å². The van der Waals surface area contributed by atoms with Gasteiger partial charge in [-0.3, -0.25) is 9.78 Å². The van der Waals surface area contributed by atoms with Crippen molar-refractivity contribution in [3.05, 3.63) is 24.0 Å². The maximum atomic E-state index is 11.8. The van der Waals surface area contributed by atoms with Gasteiger partial charge in [-0.15, -0.1) is 0 Å². The molecule has 16 heavy (non-hydrogen) atoms. The highest BCUT2D eigenvalue weighted by Gasteiger charge is 2.23. The summed E-state index contributed by atoms with van der Waals surface area (Å²) in [5, 5.41) is 0. The summed E-state index contributed by atoms with van der Waals surface area (Å²) in [5.41, 5.74) is 7.06. The van der Waals surface area contributed by atoms with Crippen molar-refractivity contribution in [1.82, 2.24) is 4.98 Å². The fourth-order valence-corrected chi connectivity index (χ4v) is 1.56. The highest BCUT2D eigenvalue weighted by atomic mass is 16.6. The number of anilines is 1. The van der Waals surface area contributed by atoms with Gasteiger partial charge in [0.25, 0.3) is 0 Å². The molecule has 1 aliphatic heterocycles. The lowest BCUT2D eigenvalue weighted by Crippen LogP contribution is -2.36. The second kappa shape index (κ2) is 5.05. The van der Waals surface area contributed by atoms with Gasteiger partial charge < -0.3 is 15.2 Å². The minimum Gasteiger partial charge on any atom is -0.398 e. The molecule has 0 spiro atoms. The van der Waals surface area contributed by atoms with E-state index >= 15 is 0 Å². The minimum atomic E-state index is -0.464. The summed E-state index contributed by atoms with van der Waals surface area (Å²) in [5.74, 6) is -0.0144. The van der Waals surface area contributed by atoms with Crippen LogP contribution >= 0.6 is 0 Å². The third kappa shape index (κ3) is 2.56. The standard InChI is InChI=1S/C11H14N2O3/c12-9-1-2-13-6-8(9)5-10(14)11-7-15-3-4-16-11/h1-2,6,11H,3-5,7H2,(H2,12,13). The van der Waals surface area contributed by atoms with Crippen LogP contribution in [0.4, 0.5) is 5.69 Å². The van der Waals surface area contributed by atoms with Crippen molar-refractivity contribution < 1.29 is 14.3 Å². The summed E-state index contributed by atoms with van der Waals surface area (Å²) in [7, 11) is 0. The van der Waals surface area contributed by atoms with Gasteiger partial charge in [-0.05, 0) is 6.07 Å². The average molecular weight is 222 g/mol. The lowest BCUT2D eigenvalue weighted by atomic mass is 10.1. The first kappa shape index (κ1) is 11.0. The van der Waals surface area contributed by atoms with E-state index in [-0.39, 0.29) is 12.2 Å². The van der Waals surface area contributed by atoms with Crippen molar-refractivity contribution in [2.24, 2.45) is 0 Å². The first-order chi connectivity index (χ1) is 7.77. The van der Waals surface area contributed by atoms with Crippen molar-refractivity contribution in [2.75, 3.05) is 25.6 Å². The van der Waals surface area contributed by atoms with Gasteiger partial charge >= 0.3 is 0 Å². The number of aromatic nitrogens is 1. The van der Waals surface area contributed by atoms with E-state index in [1.807, 2.05) is 0 Å². The van der Waals surface area contributed by atoms with Crippen molar-refractivity contribution in [1.29, 1.82) is 0 Å². The van der Waals surface area contributed by atoms with Crippen LogP contribution in [0.2, 0.25) is 0 Å². The van der Waals surface area contributed by atoms with E-state index < -0.39 is 6.10 Å². The van der Waals surface area contributed by atoms with Crippen LogP contribution < -0.4 is 5.73 Å². The summed E-state index contributed by atoms with van der Waals surface area (Å²) < 4.78 is 10.5. The number of ether oxygens (including phenoxy) is 2. The zero-order chi connectivity index (χ0) is 11.4. The van der Waals surface area contributed by atoms with E-state index in [0.29, 0.717) is 25.5 Å². The Morgan fingerprint density at radius 2 is 2.44 bits per heavy atom. The molecule has 1 aromatic rings. The molecule has 1 saturated heterocycles. The Morgan fingerprint density at radius 1 is 1.56 bits per heavy atom. The predicted octanol–water partition coefficient (Wildman–Crippen LogP) is 0.191. The van der Waals surface area contributed by atoms with Crippen LogP contribution in [-0.2, 0) is 20.7 Å². The van der Waals surface area contributed by atoms with Gasteiger partial charge in [0.1, 0.15) is 6.10 Å². The number of nitrogens with zero attached hydrogens (tertiary/aromatic N) is 1. The third-order valence-electron chi connectivity index (χ3n) is 2.48. The van der Waals surface area contributed by atoms with Crippen LogP contribution in [0.5, 0.6) is 0 Å². The fraction of sp³-hybridized carbons (Fsp3) is 0.455. The quantitative estimate of drug-likeness (QED) is 0.790. The Kier molecular flexibility index (Phi) is 3.48. The number of rotatable bonds is 3. The summed E-state index contributed by atoms with van der Waals surface area (Å²) in [4.78, 5) is 15.8. The molecule has 1 atom stereocenters. The molecule has 5 heteroatoms. The molecular weight excluding hydrogens is 208 g/mol. The van der Waals surface area contributed by atoms with Gasteiger partial charge in [0, 0.05) is 30.1 Å². The Morgan fingerprint density at radius 3 is 3.12 bits per heavy atom. The van der Waals surface area contributed by atoms with E-state index in [0.717, 1.165) is 5.56 Å². The molecule has 0 aliphatic carbocycles. The van der Waals surface area contributed by atoms with Crippen molar-refractivity contribution in [3.8, 4) is 0 Å². The molecule has 1 fully saturated rings. The van der Waals surface area contributed by atoms with Crippen molar-refractivity contribution >= 4 is 11.5 Å². The van der Waals surface area contributed by atoms with E-state index in [1.54, 1.807) is 18.5 Å². The monoisotopic (exact) mass is 222 g/mol. The van der Waals surface area contributed by atoms with Crippen LogP contribution in [0, 0.1) is 0 Å². The number of ketones is 1.